The zero-order valence-corrected chi connectivity index (χ0v) is 14.8. The van der Waals surface area contributed by atoms with Crippen LogP contribution in [0.3, 0.4) is 0 Å². The minimum absolute atomic E-state index is 0.153. The van der Waals surface area contributed by atoms with Crippen molar-refractivity contribution in [3.63, 3.8) is 0 Å². The Hall–Kier alpha value is -1.71. The van der Waals surface area contributed by atoms with Crippen molar-refractivity contribution in [2.75, 3.05) is 26.2 Å². The van der Waals surface area contributed by atoms with Gasteiger partial charge in [0.25, 0.3) is 0 Å². The van der Waals surface area contributed by atoms with E-state index in [1.54, 1.807) is 12.1 Å². The molecule has 1 atom stereocenters. The van der Waals surface area contributed by atoms with E-state index in [1.165, 1.54) is 30.4 Å². The van der Waals surface area contributed by atoms with Gasteiger partial charge in [0.05, 0.1) is 0 Å². The summed E-state index contributed by atoms with van der Waals surface area (Å²) in [4.78, 5) is 5.19. The lowest BCUT2D eigenvalue weighted by Crippen LogP contribution is -2.49. The zero-order valence-electron chi connectivity index (χ0n) is 14.8. The molecule has 2 aliphatic rings. The van der Waals surface area contributed by atoms with Gasteiger partial charge in [-0.1, -0.05) is 48.9 Å². The SMILES string of the molecule is Fc1ccc(CN2CCN(C(c3ccccc3)C3CCC3)CC2)cc1. The first-order valence-electron chi connectivity index (χ1n) is 9.55. The number of benzene rings is 2. The summed E-state index contributed by atoms with van der Waals surface area (Å²) in [5.41, 5.74) is 2.69. The molecule has 25 heavy (non-hydrogen) atoms. The Labute approximate surface area is 150 Å². The van der Waals surface area contributed by atoms with Crippen molar-refractivity contribution in [3.05, 3.63) is 71.5 Å². The summed E-state index contributed by atoms with van der Waals surface area (Å²) in [5, 5.41) is 0. The molecule has 2 nitrogen and oxygen atoms in total. The predicted molar refractivity (Wildman–Crippen MR) is 99.8 cm³/mol. The van der Waals surface area contributed by atoms with Gasteiger partial charge in [-0.3, -0.25) is 9.80 Å². The van der Waals surface area contributed by atoms with Crippen LogP contribution < -0.4 is 0 Å². The Morgan fingerprint density at radius 1 is 0.880 bits per heavy atom. The van der Waals surface area contributed by atoms with Crippen LogP contribution in [0.2, 0.25) is 0 Å². The Morgan fingerprint density at radius 2 is 1.56 bits per heavy atom. The molecule has 1 aliphatic carbocycles. The fourth-order valence-corrected chi connectivity index (χ4v) is 4.23. The predicted octanol–water partition coefficient (Wildman–Crippen LogP) is 4.48. The summed E-state index contributed by atoms with van der Waals surface area (Å²) in [7, 11) is 0. The highest BCUT2D eigenvalue weighted by molar-refractivity contribution is 5.21. The van der Waals surface area contributed by atoms with E-state index < -0.39 is 0 Å². The first-order valence-corrected chi connectivity index (χ1v) is 9.55. The van der Waals surface area contributed by atoms with E-state index in [1.807, 2.05) is 12.1 Å². The van der Waals surface area contributed by atoms with E-state index in [9.17, 15) is 4.39 Å². The van der Waals surface area contributed by atoms with Crippen molar-refractivity contribution in [2.45, 2.75) is 31.8 Å². The molecular weight excluding hydrogens is 311 g/mol. The molecule has 1 saturated heterocycles. The van der Waals surface area contributed by atoms with Crippen LogP contribution in [-0.2, 0) is 6.54 Å². The van der Waals surface area contributed by atoms with Gasteiger partial charge in [0.2, 0.25) is 0 Å². The van der Waals surface area contributed by atoms with Crippen LogP contribution >= 0.6 is 0 Å². The molecule has 0 radical (unpaired) electrons. The topological polar surface area (TPSA) is 6.48 Å². The van der Waals surface area contributed by atoms with Crippen LogP contribution in [0.5, 0.6) is 0 Å². The average Bonchev–Trinajstić information content (AvgIpc) is 2.62. The van der Waals surface area contributed by atoms with Crippen molar-refractivity contribution >= 4 is 0 Å². The molecule has 1 aliphatic heterocycles. The Morgan fingerprint density at radius 3 is 2.16 bits per heavy atom. The summed E-state index contributed by atoms with van der Waals surface area (Å²) in [6.07, 6.45) is 4.13. The lowest BCUT2D eigenvalue weighted by Gasteiger charge is -2.45. The molecule has 0 bridgehead atoms. The molecule has 4 rings (SSSR count). The van der Waals surface area contributed by atoms with Crippen LogP contribution in [-0.4, -0.2) is 36.0 Å². The zero-order chi connectivity index (χ0) is 17.1. The molecule has 2 aromatic rings. The number of piperazine rings is 1. The molecule has 3 heteroatoms. The number of hydrogen-bond donors (Lipinski definition) is 0. The van der Waals surface area contributed by atoms with Crippen LogP contribution in [0, 0.1) is 11.7 Å². The molecule has 2 fully saturated rings. The van der Waals surface area contributed by atoms with Gasteiger partial charge in [0.1, 0.15) is 5.82 Å². The van der Waals surface area contributed by atoms with E-state index in [0.717, 1.165) is 38.6 Å². The largest absolute Gasteiger partial charge is 0.297 e. The van der Waals surface area contributed by atoms with E-state index in [4.69, 9.17) is 0 Å². The Balaban J connectivity index is 1.38. The van der Waals surface area contributed by atoms with Gasteiger partial charge in [0, 0.05) is 38.8 Å². The second kappa shape index (κ2) is 7.67. The van der Waals surface area contributed by atoms with Crippen molar-refractivity contribution in [2.24, 2.45) is 5.92 Å². The van der Waals surface area contributed by atoms with Crippen molar-refractivity contribution in [1.82, 2.24) is 9.80 Å². The third kappa shape index (κ3) is 3.94. The fraction of sp³-hybridized carbons (Fsp3) is 0.455. The maximum Gasteiger partial charge on any atom is 0.123 e. The smallest absolute Gasteiger partial charge is 0.123 e. The fourth-order valence-electron chi connectivity index (χ4n) is 4.23. The van der Waals surface area contributed by atoms with Gasteiger partial charge in [-0.05, 0) is 42.0 Å². The van der Waals surface area contributed by atoms with Crippen molar-refractivity contribution in [1.29, 1.82) is 0 Å². The Bertz CT molecular complexity index is 658. The summed E-state index contributed by atoms with van der Waals surface area (Å²) in [6, 6.07) is 18.6. The minimum Gasteiger partial charge on any atom is -0.297 e. The van der Waals surface area contributed by atoms with Crippen molar-refractivity contribution in [3.8, 4) is 0 Å². The highest BCUT2D eigenvalue weighted by atomic mass is 19.1. The van der Waals surface area contributed by atoms with Crippen LogP contribution in [0.25, 0.3) is 0 Å². The molecule has 0 aromatic heterocycles. The maximum atomic E-state index is 13.1. The van der Waals surface area contributed by atoms with Gasteiger partial charge in [-0.2, -0.15) is 0 Å². The lowest BCUT2D eigenvalue weighted by molar-refractivity contribution is 0.0427. The number of rotatable bonds is 5. The van der Waals surface area contributed by atoms with Gasteiger partial charge in [-0.15, -0.1) is 0 Å². The summed E-state index contributed by atoms with van der Waals surface area (Å²) in [5.74, 6) is 0.672. The molecule has 2 aromatic carbocycles. The minimum atomic E-state index is -0.153. The molecule has 0 spiro atoms. The van der Waals surface area contributed by atoms with Gasteiger partial charge in [-0.25, -0.2) is 4.39 Å². The summed E-state index contributed by atoms with van der Waals surface area (Å²) >= 11 is 0. The third-order valence-electron chi connectivity index (χ3n) is 5.86. The molecule has 1 saturated carbocycles. The number of halogens is 1. The quantitative estimate of drug-likeness (QED) is 0.793. The second-order valence-electron chi connectivity index (χ2n) is 7.49. The summed E-state index contributed by atoms with van der Waals surface area (Å²) < 4.78 is 13.1. The van der Waals surface area contributed by atoms with E-state index in [0.29, 0.717) is 6.04 Å². The monoisotopic (exact) mass is 338 g/mol. The van der Waals surface area contributed by atoms with Crippen LogP contribution in [0.15, 0.2) is 54.6 Å². The number of hydrogen-bond acceptors (Lipinski definition) is 2. The normalized spacial score (nSPS) is 21.0. The number of nitrogens with zero attached hydrogens (tertiary/aromatic N) is 2. The standard InChI is InChI=1S/C22H27FN2/c23-21-11-9-18(10-12-21)17-24-13-15-25(16-14-24)22(20-7-4-8-20)19-5-2-1-3-6-19/h1-3,5-6,9-12,20,22H,4,7-8,13-17H2. The average molecular weight is 338 g/mol. The van der Waals surface area contributed by atoms with Gasteiger partial charge >= 0.3 is 0 Å². The molecule has 1 heterocycles. The molecule has 132 valence electrons. The highest BCUT2D eigenvalue weighted by Crippen LogP contribution is 2.41. The molecule has 0 amide bonds. The second-order valence-corrected chi connectivity index (χ2v) is 7.49. The van der Waals surface area contributed by atoms with Crippen LogP contribution in [0.1, 0.15) is 36.4 Å². The lowest BCUT2D eigenvalue weighted by atomic mass is 9.76. The Kier molecular flexibility index (Phi) is 5.14. The van der Waals surface area contributed by atoms with Gasteiger partial charge < -0.3 is 0 Å². The molecule has 1 unspecified atom stereocenters. The van der Waals surface area contributed by atoms with E-state index >= 15 is 0 Å². The van der Waals surface area contributed by atoms with Gasteiger partial charge in [0.15, 0.2) is 0 Å². The molecular formula is C22H27FN2. The van der Waals surface area contributed by atoms with E-state index in [2.05, 4.69) is 40.1 Å². The van der Waals surface area contributed by atoms with E-state index in [-0.39, 0.29) is 5.82 Å². The summed E-state index contributed by atoms with van der Waals surface area (Å²) in [6.45, 7) is 5.35. The first-order chi connectivity index (χ1) is 12.3. The highest BCUT2D eigenvalue weighted by Gasteiger charge is 2.34. The first kappa shape index (κ1) is 16.7. The molecule has 0 N–H and O–H groups in total. The maximum absolute atomic E-state index is 13.1. The third-order valence-corrected chi connectivity index (χ3v) is 5.86. The van der Waals surface area contributed by atoms with Crippen LogP contribution in [0.4, 0.5) is 4.39 Å². The van der Waals surface area contributed by atoms with Crippen molar-refractivity contribution < 1.29 is 4.39 Å².